The molecule has 0 fully saturated rings. The van der Waals surface area contributed by atoms with E-state index in [4.69, 9.17) is 34.3 Å². The quantitative estimate of drug-likeness (QED) is 0.193. The van der Waals surface area contributed by atoms with Gasteiger partial charge < -0.3 is 4.42 Å². The maximum absolute atomic E-state index is 6.19. The summed E-state index contributed by atoms with van der Waals surface area (Å²) in [6.07, 6.45) is 1.86. The first-order valence-corrected chi connectivity index (χ1v) is 15.3. The molecule has 7 heteroatoms. The Balaban J connectivity index is 1.17. The Hall–Kier alpha value is -6.60. The zero-order valence-electron chi connectivity index (χ0n) is 24.9. The van der Waals surface area contributed by atoms with Crippen LogP contribution in [0, 0.1) is 0 Å². The molecule has 0 aliphatic rings. The van der Waals surface area contributed by atoms with Gasteiger partial charge in [-0.25, -0.2) is 24.9 Å². The number of nitrogens with zero attached hydrogens (tertiary/aromatic N) is 6. The highest BCUT2D eigenvalue weighted by atomic mass is 16.3. The highest BCUT2D eigenvalue weighted by Gasteiger charge is 2.18. The van der Waals surface area contributed by atoms with Crippen molar-refractivity contribution in [3.8, 4) is 56.8 Å². The molecule has 5 aromatic carbocycles. The summed E-state index contributed by atoms with van der Waals surface area (Å²) < 4.78 is 6.19. The smallest absolute Gasteiger partial charge is 0.164 e. The molecule has 0 N–H and O–H groups in total. The van der Waals surface area contributed by atoms with Gasteiger partial charge in [-0.2, -0.15) is 0 Å². The van der Waals surface area contributed by atoms with Gasteiger partial charge in [0.1, 0.15) is 16.9 Å². The summed E-state index contributed by atoms with van der Waals surface area (Å²) in [5, 5.41) is 2.00. The van der Waals surface area contributed by atoms with E-state index in [2.05, 4.69) is 0 Å². The molecule has 7 nitrogen and oxygen atoms in total. The van der Waals surface area contributed by atoms with E-state index in [-0.39, 0.29) is 0 Å². The van der Waals surface area contributed by atoms with Crippen LogP contribution in [0.2, 0.25) is 0 Å². The van der Waals surface area contributed by atoms with E-state index in [9.17, 15) is 0 Å². The second-order valence-electron chi connectivity index (χ2n) is 11.2. The topological polar surface area (TPSA) is 90.5 Å². The number of para-hydroxylation sites is 3. The van der Waals surface area contributed by atoms with Gasteiger partial charge in [0.2, 0.25) is 0 Å². The first-order valence-electron chi connectivity index (χ1n) is 15.3. The van der Waals surface area contributed by atoms with Crippen molar-refractivity contribution in [2.75, 3.05) is 0 Å². The standard InChI is InChI=1S/C40H24N6O/c1-3-11-26(12-4-1)38-44-39(27-13-5-2-6-14-27)46-40(45-38)28-21-19-25(20-22-28)36-37(43-32-17-9-8-16-31(32)42-36)33-23-35-30(24-41-33)29-15-7-10-18-34(29)47-35/h1-24H. The third kappa shape index (κ3) is 4.87. The van der Waals surface area contributed by atoms with Gasteiger partial charge in [-0.3, -0.25) is 4.98 Å². The molecule has 0 atom stereocenters. The number of hydrogen-bond acceptors (Lipinski definition) is 7. The Morgan fingerprint density at radius 3 is 1.53 bits per heavy atom. The molecule has 0 saturated carbocycles. The second kappa shape index (κ2) is 11.1. The van der Waals surface area contributed by atoms with Gasteiger partial charge in [-0.05, 0) is 18.2 Å². The van der Waals surface area contributed by atoms with Gasteiger partial charge in [-0.15, -0.1) is 0 Å². The fourth-order valence-corrected chi connectivity index (χ4v) is 5.84. The van der Waals surface area contributed by atoms with Crippen LogP contribution in [-0.2, 0) is 0 Å². The second-order valence-corrected chi connectivity index (χ2v) is 11.2. The molecule has 4 heterocycles. The number of aromatic nitrogens is 6. The maximum Gasteiger partial charge on any atom is 0.164 e. The largest absolute Gasteiger partial charge is 0.456 e. The van der Waals surface area contributed by atoms with E-state index in [1.807, 2.05) is 146 Å². The molecule has 9 rings (SSSR count). The van der Waals surface area contributed by atoms with Gasteiger partial charge in [0.15, 0.2) is 17.5 Å². The lowest BCUT2D eigenvalue weighted by Gasteiger charge is -2.11. The van der Waals surface area contributed by atoms with Gasteiger partial charge in [-0.1, -0.05) is 115 Å². The first-order chi connectivity index (χ1) is 23.3. The zero-order chi connectivity index (χ0) is 31.2. The molecule has 0 bridgehead atoms. The summed E-state index contributed by atoms with van der Waals surface area (Å²) in [5.41, 5.74) is 8.88. The number of furan rings is 1. The Morgan fingerprint density at radius 2 is 0.894 bits per heavy atom. The van der Waals surface area contributed by atoms with E-state index in [0.717, 1.165) is 60.9 Å². The molecule has 0 spiro atoms. The van der Waals surface area contributed by atoms with Crippen LogP contribution >= 0.6 is 0 Å². The average molecular weight is 605 g/mol. The lowest BCUT2D eigenvalue weighted by Crippen LogP contribution is -2.00. The summed E-state index contributed by atoms with van der Waals surface area (Å²) in [7, 11) is 0. The van der Waals surface area contributed by atoms with E-state index < -0.39 is 0 Å². The number of fused-ring (bicyclic) bond motifs is 4. The van der Waals surface area contributed by atoms with Crippen molar-refractivity contribution >= 4 is 33.0 Å². The normalized spacial score (nSPS) is 11.4. The van der Waals surface area contributed by atoms with Crippen LogP contribution in [0.1, 0.15) is 0 Å². The predicted octanol–water partition coefficient (Wildman–Crippen LogP) is 9.44. The highest BCUT2D eigenvalue weighted by molar-refractivity contribution is 6.05. The van der Waals surface area contributed by atoms with Crippen LogP contribution < -0.4 is 0 Å². The number of benzene rings is 5. The van der Waals surface area contributed by atoms with Gasteiger partial charge in [0.25, 0.3) is 0 Å². The maximum atomic E-state index is 6.19. The van der Waals surface area contributed by atoms with Crippen molar-refractivity contribution in [3.05, 3.63) is 146 Å². The Bertz CT molecular complexity index is 2510. The molecule has 0 amide bonds. The minimum absolute atomic E-state index is 0.589. The summed E-state index contributed by atoms with van der Waals surface area (Å²) in [6.45, 7) is 0. The molecule has 0 saturated heterocycles. The number of hydrogen-bond donors (Lipinski definition) is 0. The van der Waals surface area contributed by atoms with Crippen molar-refractivity contribution in [2.24, 2.45) is 0 Å². The molecular formula is C40H24N6O. The Morgan fingerprint density at radius 1 is 0.383 bits per heavy atom. The fraction of sp³-hybridized carbons (Fsp3) is 0. The van der Waals surface area contributed by atoms with Crippen LogP contribution in [0.15, 0.2) is 150 Å². The summed E-state index contributed by atoms with van der Waals surface area (Å²) >= 11 is 0. The summed E-state index contributed by atoms with van der Waals surface area (Å²) in [4.78, 5) is 29.6. The molecular weight excluding hydrogens is 580 g/mol. The van der Waals surface area contributed by atoms with E-state index in [0.29, 0.717) is 28.9 Å². The number of rotatable bonds is 5. The molecule has 47 heavy (non-hydrogen) atoms. The van der Waals surface area contributed by atoms with Crippen LogP contribution in [0.3, 0.4) is 0 Å². The van der Waals surface area contributed by atoms with Crippen LogP contribution in [0.4, 0.5) is 0 Å². The van der Waals surface area contributed by atoms with Crippen LogP contribution in [0.5, 0.6) is 0 Å². The van der Waals surface area contributed by atoms with E-state index in [1.54, 1.807) is 0 Å². The minimum Gasteiger partial charge on any atom is -0.456 e. The van der Waals surface area contributed by atoms with Crippen LogP contribution in [0.25, 0.3) is 89.8 Å². The lowest BCUT2D eigenvalue weighted by atomic mass is 10.0. The lowest BCUT2D eigenvalue weighted by molar-refractivity contribution is 0.668. The first kappa shape index (κ1) is 26.8. The summed E-state index contributed by atoms with van der Waals surface area (Å²) in [5.74, 6) is 1.83. The molecule has 220 valence electrons. The minimum atomic E-state index is 0.589. The van der Waals surface area contributed by atoms with Crippen molar-refractivity contribution in [3.63, 3.8) is 0 Å². The summed E-state index contributed by atoms with van der Waals surface area (Å²) in [6, 6.07) is 45.9. The van der Waals surface area contributed by atoms with Crippen molar-refractivity contribution in [2.45, 2.75) is 0 Å². The molecule has 4 aromatic heterocycles. The molecule has 0 radical (unpaired) electrons. The van der Waals surface area contributed by atoms with Crippen molar-refractivity contribution < 1.29 is 4.42 Å². The molecule has 0 aliphatic heterocycles. The average Bonchev–Trinajstić information content (AvgIpc) is 3.53. The van der Waals surface area contributed by atoms with E-state index in [1.165, 1.54) is 0 Å². The van der Waals surface area contributed by atoms with Gasteiger partial charge in [0, 0.05) is 45.3 Å². The van der Waals surface area contributed by atoms with Gasteiger partial charge >= 0.3 is 0 Å². The fourth-order valence-electron chi connectivity index (χ4n) is 5.84. The third-order valence-electron chi connectivity index (χ3n) is 8.19. The predicted molar refractivity (Wildman–Crippen MR) is 185 cm³/mol. The SMILES string of the molecule is c1ccc(-c2nc(-c3ccccc3)nc(-c3ccc(-c4nc5ccccc5nc4-c4cc5oc6ccccc6c5cn4)cc3)n2)cc1. The molecule has 0 unspecified atom stereocenters. The Labute approximate surface area is 269 Å². The van der Waals surface area contributed by atoms with Crippen LogP contribution in [-0.4, -0.2) is 29.9 Å². The van der Waals surface area contributed by atoms with Crippen molar-refractivity contribution in [1.82, 2.24) is 29.9 Å². The van der Waals surface area contributed by atoms with E-state index >= 15 is 0 Å². The Kier molecular flexibility index (Phi) is 6.31. The highest BCUT2D eigenvalue weighted by Crippen LogP contribution is 2.35. The molecule has 0 aliphatic carbocycles. The molecule has 9 aromatic rings. The number of pyridine rings is 1. The van der Waals surface area contributed by atoms with Gasteiger partial charge in [0.05, 0.1) is 22.4 Å². The van der Waals surface area contributed by atoms with Crippen molar-refractivity contribution in [1.29, 1.82) is 0 Å². The monoisotopic (exact) mass is 604 g/mol. The zero-order valence-corrected chi connectivity index (χ0v) is 24.9. The third-order valence-corrected chi connectivity index (χ3v) is 8.19.